The van der Waals surface area contributed by atoms with E-state index in [1.165, 1.54) is 11.6 Å². The first-order valence-electron chi connectivity index (χ1n) is 6.09. The van der Waals surface area contributed by atoms with Gasteiger partial charge < -0.3 is 0 Å². The molecule has 4 heteroatoms. The molecule has 3 rings (SSSR count). The molecule has 0 atom stereocenters. The van der Waals surface area contributed by atoms with Crippen molar-refractivity contribution < 1.29 is 4.39 Å². The third-order valence-corrected chi connectivity index (χ3v) is 3.92. The Bertz CT molecular complexity index is 707. The zero-order valence-electron chi connectivity index (χ0n) is 10.2. The number of hydrogen-bond donors (Lipinski definition) is 0. The minimum atomic E-state index is -0.215. The number of aryl methyl sites for hydroxylation is 2. The van der Waals surface area contributed by atoms with Crippen molar-refractivity contribution in [2.24, 2.45) is 0 Å². The van der Waals surface area contributed by atoms with Crippen molar-refractivity contribution in [1.82, 2.24) is 9.78 Å². The Morgan fingerprint density at radius 1 is 1.11 bits per heavy atom. The lowest BCUT2D eigenvalue weighted by molar-refractivity contribution is 0.625. The highest BCUT2D eigenvalue weighted by Gasteiger charge is 2.09. The zero-order chi connectivity index (χ0) is 13.2. The van der Waals surface area contributed by atoms with E-state index in [9.17, 15) is 4.39 Å². The first-order chi connectivity index (χ1) is 9.24. The summed E-state index contributed by atoms with van der Waals surface area (Å²) in [4.78, 5) is 0. The predicted molar refractivity (Wildman–Crippen MR) is 82.6 cm³/mol. The maximum absolute atomic E-state index is 13.2. The standard InChI is InChI=1S/C15H12FIN2/c16-12-6-7-14-13(10-12)15(17)18-19(14)9-8-11-4-2-1-3-5-11/h1-7,10H,8-9H2. The number of benzene rings is 2. The Morgan fingerprint density at radius 3 is 2.68 bits per heavy atom. The van der Waals surface area contributed by atoms with Crippen molar-refractivity contribution in [2.75, 3.05) is 0 Å². The summed E-state index contributed by atoms with van der Waals surface area (Å²) in [5, 5.41) is 5.37. The van der Waals surface area contributed by atoms with E-state index in [1.54, 1.807) is 12.1 Å². The van der Waals surface area contributed by atoms with E-state index in [0.717, 1.165) is 27.6 Å². The van der Waals surface area contributed by atoms with Crippen molar-refractivity contribution in [2.45, 2.75) is 13.0 Å². The molecule has 3 aromatic rings. The lowest BCUT2D eigenvalue weighted by atomic mass is 10.1. The highest BCUT2D eigenvalue weighted by molar-refractivity contribution is 14.1. The molecule has 0 radical (unpaired) electrons. The lowest BCUT2D eigenvalue weighted by Gasteiger charge is -2.03. The molecular weight excluding hydrogens is 354 g/mol. The van der Waals surface area contributed by atoms with Crippen LogP contribution in [0.2, 0.25) is 0 Å². The molecule has 0 aliphatic rings. The fourth-order valence-electron chi connectivity index (χ4n) is 2.16. The van der Waals surface area contributed by atoms with Gasteiger partial charge in [-0.2, -0.15) is 5.10 Å². The van der Waals surface area contributed by atoms with Crippen LogP contribution in [0.5, 0.6) is 0 Å². The monoisotopic (exact) mass is 366 g/mol. The van der Waals surface area contributed by atoms with Crippen molar-refractivity contribution in [3.05, 3.63) is 63.6 Å². The number of fused-ring (bicyclic) bond motifs is 1. The van der Waals surface area contributed by atoms with Gasteiger partial charge in [-0.05, 0) is 52.8 Å². The Kier molecular flexibility index (Phi) is 3.50. The average Bonchev–Trinajstić information content (AvgIpc) is 2.74. The Balaban J connectivity index is 1.89. The predicted octanol–water partition coefficient (Wildman–Crippen LogP) is 4.02. The topological polar surface area (TPSA) is 17.8 Å². The van der Waals surface area contributed by atoms with Gasteiger partial charge in [0.1, 0.15) is 9.52 Å². The van der Waals surface area contributed by atoms with Gasteiger partial charge in [0.25, 0.3) is 0 Å². The fourth-order valence-corrected chi connectivity index (χ4v) is 2.85. The Morgan fingerprint density at radius 2 is 1.89 bits per heavy atom. The second kappa shape index (κ2) is 5.28. The molecule has 0 fully saturated rings. The Hall–Kier alpha value is -1.43. The van der Waals surface area contributed by atoms with E-state index in [1.807, 2.05) is 22.9 Å². The van der Waals surface area contributed by atoms with Crippen LogP contribution in [0.1, 0.15) is 5.56 Å². The molecule has 1 heterocycles. The second-order valence-electron chi connectivity index (χ2n) is 4.41. The summed E-state index contributed by atoms with van der Waals surface area (Å²) >= 11 is 2.15. The summed E-state index contributed by atoms with van der Waals surface area (Å²) < 4.78 is 16.0. The molecule has 2 nitrogen and oxygen atoms in total. The summed E-state index contributed by atoms with van der Waals surface area (Å²) in [6.45, 7) is 0.801. The van der Waals surface area contributed by atoms with E-state index >= 15 is 0 Å². The van der Waals surface area contributed by atoms with Crippen LogP contribution in [0, 0.1) is 9.52 Å². The van der Waals surface area contributed by atoms with Gasteiger partial charge in [-0.3, -0.25) is 4.68 Å². The van der Waals surface area contributed by atoms with Gasteiger partial charge in [-0.15, -0.1) is 0 Å². The van der Waals surface area contributed by atoms with Crippen LogP contribution in [0.15, 0.2) is 48.5 Å². The SMILES string of the molecule is Fc1ccc2c(c1)c(I)nn2CCc1ccccc1. The summed E-state index contributed by atoms with van der Waals surface area (Å²) in [6.07, 6.45) is 0.922. The van der Waals surface area contributed by atoms with Crippen LogP contribution >= 0.6 is 22.6 Å². The van der Waals surface area contributed by atoms with Crippen LogP contribution in [-0.4, -0.2) is 9.78 Å². The van der Waals surface area contributed by atoms with Crippen LogP contribution in [0.4, 0.5) is 4.39 Å². The number of aromatic nitrogens is 2. The van der Waals surface area contributed by atoms with Gasteiger partial charge >= 0.3 is 0 Å². The molecule has 0 unspecified atom stereocenters. The molecule has 0 N–H and O–H groups in total. The average molecular weight is 366 g/mol. The zero-order valence-corrected chi connectivity index (χ0v) is 12.3. The molecule has 0 aliphatic carbocycles. The van der Waals surface area contributed by atoms with E-state index in [-0.39, 0.29) is 5.82 Å². The highest BCUT2D eigenvalue weighted by Crippen LogP contribution is 2.21. The minimum Gasteiger partial charge on any atom is -0.263 e. The summed E-state index contributed by atoms with van der Waals surface area (Å²) in [5.41, 5.74) is 2.27. The van der Waals surface area contributed by atoms with Gasteiger partial charge in [-0.25, -0.2) is 4.39 Å². The van der Waals surface area contributed by atoms with Gasteiger partial charge in [0.2, 0.25) is 0 Å². The third kappa shape index (κ3) is 2.63. The van der Waals surface area contributed by atoms with Crippen LogP contribution in [0.3, 0.4) is 0 Å². The smallest absolute Gasteiger partial charge is 0.131 e. The maximum Gasteiger partial charge on any atom is 0.131 e. The third-order valence-electron chi connectivity index (χ3n) is 3.12. The molecule has 2 aromatic carbocycles. The molecule has 96 valence electrons. The van der Waals surface area contributed by atoms with Crippen molar-refractivity contribution in [3.8, 4) is 0 Å². The molecule has 1 aromatic heterocycles. The van der Waals surface area contributed by atoms with Crippen molar-refractivity contribution >= 4 is 33.5 Å². The van der Waals surface area contributed by atoms with E-state index < -0.39 is 0 Å². The van der Waals surface area contributed by atoms with Crippen LogP contribution in [0.25, 0.3) is 10.9 Å². The van der Waals surface area contributed by atoms with Crippen LogP contribution < -0.4 is 0 Å². The maximum atomic E-state index is 13.2. The molecule has 0 amide bonds. The number of hydrogen-bond acceptors (Lipinski definition) is 1. The lowest BCUT2D eigenvalue weighted by Crippen LogP contribution is -2.03. The Labute approximate surface area is 124 Å². The van der Waals surface area contributed by atoms with Gasteiger partial charge in [0.15, 0.2) is 0 Å². The largest absolute Gasteiger partial charge is 0.263 e. The molecule has 0 aliphatic heterocycles. The first kappa shape index (κ1) is 12.6. The number of halogens is 2. The van der Waals surface area contributed by atoms with Gasteiger partial charge in [0.05, 0.1) is 5.52 Å². The van der Waals surface area contributed by atoms with Crippen LogP contribution in [-0.2, 0) is 13.0 Å². The minimum absolute atomic E-state index is 0.215. The molecule has 19 heavy (non-hydrogen) atoms. The molecule has 0 saturated carbocycles. The van der Waals surface area contributed by atoms with Gasteiger partial charge in [0, 0.05) is 11.9 Å². The summed E-state index contributed by atoms with van der Waals surface area (Å²) in [5.74, 6) is -0.215. The quantitative estimate of drug-likeness (QED) is 0.641. The van der Waals surface area contributed by atoms with E-state index in [4.69, 9.17) is 0 Å². The van der Waals surface area contributed by atoms with Crippen molar-refractivity contribution in [1.29, 1.82) is 0 Å². The first-order valence-corrected chi connectivity index (χ1v) is 7.17. The summed E-state index contributed by atoms with van der Waals surface area (Å²) in [6, 6.07) is 15.1. The summed E-state index contributed by atoms with van der Waals surface area (Å²) in [7, 11) is 0. The molecular formula is C15H12FIN2. The molecule has 0 saturated heterocycles. The van der Waals surface area contributed by atoms with E-state index in [2.05, 4.69) is 39.8 Å². The fraction of sp³-hybridized carbons (Fsp3) is 0.133. The van der Waals surface area contributed by atoms with Crippen molar-refractivity contribution in [3.63, 3.8) is 0 Å². The number of rotatable bonds is 3. The normalized spacial score (nSPS) is 11.1. The molecule has 0 bridgehead atoms. The number of nitrogens with zero attached hydrogens (tertiary/aromatic N) is 2. The highest BCUT2D eigenvalue weighted by atomic mass is 127. The molecule has 0 spiro atoms. The van der Waals surface area contributed by atoms with E-state index in [0.29, 0.717) is 0 Å². The van der Waals surface area contributed by atoms with Gasteiger partial charge in [-0.1, -0.05) is 30.3 Å². The second-order valence-corrected chi connectivity index (χ2v) is 5.43.